The van der Waals surface area contributed by atoms with Crippen molar-refractivity contribution in [2.45, 2.75) is 13.8 Å². The van der Waals surface area contributed by atoms with Gasteiger partial charge in [0.25, 0.3) is 0 Å². The molecule has 0 spiro atoms. The van der Waals surface area contributed by atoms with Gasteiger partial charge in [-0.2, -0.15) is 0 Å². The van der Waals surface area contributed by atoms with E-state index < -0.39 is 0 Å². The van der Waals surface area contributed by atoms with Gasteiger partial charge >= 0.3 is 0 Å². The second-order valence-electron chi connectivity index (χ2n) is 4.92. The SMILES string of the molecule is COc1cccc(C=CC(=O)Nc2ccc(C)cc2C)c1. The number of hydrogen-bond donors (Lipinski definition) is 1. The summed E-state index contributed by atoms with van der Waals surface area (Å²) in [5, 5.41) is 2.88. The van der Waals surface area contributed by atoms with Gasteiger partial charge in [-0.3, -0.25) is 4.79 Å². The minimum atomic E-state index is -0.148. The van der Waals surface area contributed by atoms with Crippen LogP contribution < -0.4 is 10.1 Å². The molecule has 0 saturated carbocycles. The van der Waals surface area contributed by atoms with Crippen molar-refractivity contribution in [3.05, 3.63) is 65.2 Å². The van der Waals surface area contributed by atoms with Gasteiger partial charge in [0.2, 0.25) is 5.91 Å². The monoisotopic (exact) mass is 281 g/mol. The zero-order valence-corrected chi connectivity index (χ0v) is 12.5. The van der Waals surface area contributed by atoms with Gasteiger partial charge in [0.05, 0.1) is 7.11 Å². The zero-order valence-electron chi connectivity index (χ0n) is 12.5. The van der Waals surface area contributed by atoms with Crippen LogP contribution in [0, 0.1) is 13.8 Å². The number of aryl methyl sites for hydroxylation is 2. The number of carbonyl (C=O) groups is 1. The maximum Gasteiger partial charge on any atom is 0.248 e. The first-order valence-electron chi connectivity index (χ1n) is 6.79. The average Bonchev–Trinajstić information content (AvgIpc) is 2.48. The van der Waals surface area contributed by atoms with Crippen LogP contribution in [-0.4, -0.2) is 13.0 Å². The van der Waals surface area contributed by atoms with E-state index in [4.69, 9.17) is 4.74 Å². The lowest BCUT2D eigenvalue weighted by atomic mass is 10.1. The van der Waals surface area contributed by atoms with Crippen molar-refractivity contribution in [3.8, 4) is 5.75 Å². The molecule has 1 amide bonds. The molecule has 3 heteroatoms. The summed E-state index contributed by atoms with van der Waals surface area (Å²) < 4.78 is 5.15. The van der Waals surface area contributed by atoms with Crippen LogP contribution in [0.15, 0.2) is 48.5 Å². The molecule has 108 valence electrons. The Morgan fingerprint density at radius 1 is 1.14 bits per heavy atom. The molecule has 2 aromatic rings. The summed E-state index contributed by atoms with van der Waals surface area (Å²) in [5.41, 5.74) is 3.99. The van der Waals surface area contributed by atoms with E-state index in [1.54, 1.807) is 13.2 Å². The fourth-order valence-corrected chi connectivity index (χ4v) is 2.05. The van der Waals surface area contributed by atoms with Crippen molar-refractivity contribution in [2.75, 3.05) is 12.4 Å². The van der Waals surface area contributed by atoms with Gasteiger partial charge < -0.3 is 10.1 Å². The Balaban J connectivity index is 2.05. The van der Waals surface area contributed by atoms with E-state index >= 15 is 0 Å². The van der Waals surface area contributed by atoms with E-state index in [1.165, 1.54) is 11.6 Å². The third-order valence-corrected chi connectivity index (χ3v) is 3.16. The molecule has 21 heavy (non-hydrogen) atoms. The van der Waals surface area contributed by atoms with E-state index in [0.717, 1.165) is 22.6 Å². The molecule has 2 aromatic carbocycles. The Kier molecular flexibility index (Phi) is 4.77. The Hall–Kier alpha value is -2.55. The molecule has 0 saturated heterocycles. The van der Waals surface area contributed by atoms with E-state index in [-0.39, 0.29) is 5.91 Å². The van der Waals surface area contributed by atoms with Crippen molar-refractivity contribution in [2.24, 2.45) is 0 Å². The molecule has 0 aliphatic carbocycles. The number of hydrogen-bond acceptors (Lipinski definition) is 2. The molecular weight excluding hydrogens is 262 g/mol. The fourth-order valence-electron chi connectivity index (χ4n) is 2.05. The number of anilines is 1. The van der Waals surface area contributed by atoms with Crippen LogP contribution in [0.1, 0.15) is 16.7 Å². The lowest BCUT2D eigenvalue weighted by molar-refractivity contribution is -0.111. The second kappa shape index (κ2) is 6.75. The zero-order chi connectivity index (χ0) is 15.2. The van der Waals surface area contributed by atoms with Crippen LogP contribution in [0.5, 0.6) is 5.75 Å². The summed E-state index contributed by atoms with van der Waals surface area (Å²) in [6.07, 6.45) is 3.29. The van der Waals surface area contributed by atoms with Crippen LogP contribution in [-0.2, 0) is 4.79 Å². The Morgan fingerprint density at radius 3 is 2.67 bits per heavy atom. The van der Waals surface area contributed by atoms with E-state index in [0.29, 0.717) is 0 Å². The topological polar surface area (TPSA) is 38.3 Å². The summed E-state index contributed by atoms with van der Waals surface area (Å²) in [6.45, 7) is 4.01. The van der Waals surface area contributed by atoms with Gasteiger partial charge in [-0.15, -0.1) is 0 Å². The summed E-state index contributed by atoms with van der Waals surface area (Å²) >= 11 is 0. The molecule has 0 fully saturated rings. The maximum atomic E-state index is 11.9. The van der Waals surface area contributed by atoms with Gasteiger partial charge in [-0.25, -0.2) is 0 Å². The van der Waals surface area contributed by atoms with Gasteiger partial charge in [-0.1, -0.05) is 29.8 Å². The highest BCUT2D eigenvalue weighted by Crippen LogP contribution is 2.17. The van der Waals surface area contributed by atoms with Crippen LogP contribution in [0.2, 0.25) is 0 Å². The number of rotatable bonds is 4. The summed E-state index contributed by atoms with van der Waals surface area (Å²) in [7, 11) is 1.62. The summed E-state index contributed by atoms with van der Waals surface area (Å²) in [5.74, 6) is 0.622. The van der Waals surface area contributed by atoms with E-state index in [1.807, 2.05) is 56.3 Å². The van der Waals surface area contributed by atoms with Crippen LogP contribution in [0.25, 0.3) is 6.08 Å². The van der Waals surface area contributed by atoms with Crippen molar-refractivity contribution in [1.82, 2.24) is 0 Å². The molecule has 0 aliphatic rings. The van der Waals surface area contributed by atoms with Gasteiger partial charge in [0.15, 0.2) is 0 Å². The lowest BCUT2D eigenvalue weighted by Gasteiger charge is -2.07. The summed E-state index contributed by atoms with van der Waals surface area (Å²) in [6, 6.07) is 13.5. The predicted molar refractivity (Wildman–Crippen MR) is 86.6 cm³/mol. The Morgan fingerprint density at radius 2 is 1.95 bits per heavy atom. The highest BCUT2D eigenvalue weighted by molar-refractivity contribution is 6.02. The van der Waals surface area contributed by atoms with E-state index in [2.05, 4.69) is 5.32 Å². The number of ether oxygens (including phenoxy) is 1. The largest absolute Gasteiger partial charge is 0.497 e. The van der Waals surface area contributed by atoms with E-state index in [9.17, 15) is 4.79 Å². The molecule has 0 unspecified atom stereocenters. The molecule has 0 heterocycles. The van der Waals surface area contributed by atoms with Crippen LogP contribution in [0.4, 0.5) is 5.69 Å². The lowest BCUT2D eigenvalue weighted by Crippen LogP contribution is -2.08. The normalized spacial score (nSPS) is 10.6. The minimum absolute atomic E-state index is 0.148. The molecule has 2 rings (SSSR count). The molecule has 0 atom stereocenters. The third kappa shape index (κ3) is 4.21. The second-order valence-corrected chi connectivity index (χ2v) is 4.92. The van der Waals surface area contributed by atoms with Crippen LogP contribution in [0.3, 0.4) is 0 Å². The Labute approximate surface area is 125 Å². The number of benzene rings is 2. The highest BCUT2D eigenvalue weighted by atomic mass is 16.5. The van der Waals surface area contributed by atoms with Crippen molar-refractivity contribution < 1.29 is 9.53 Å². The number of carbonyl (C=O) groups excluding carboxylic acids is 1. The first kappa shape index (κ1) is 14.9. The van der Waals surface area contributed by atoms with Crippen LogP contribution >= 0.6 is 0 Å². The summed E-state index contributed by atoms with van der Waals surface area (Å²) in [4.78, 5) is 11.9. The molecule has 0 radical (unpaired) electrons. The number of amides is 1. The minimum Gasteiger partial charge on any atom is -0.497 e. The van der Waals surface area contributed by atoms with Gasteiger partial charge in [0, 0.05) is 11.8 Å². The first-order chi connectivity index (χ1) is 10.1. The van der Waals surface area contributed by atoms with Crippen molar-refractivity contribution >= 4 is 17.7 Å². The molecule has 3 nitrogen and oxygen atoms in total. The average molecular weight is 281 g/mol. The highest BCUT2D eigenvalue weighted by Gasteiger charge is 2.01. The molecular formula is C18H19NO2. The maximum absolute atomic E-state index is 11.9. The standard InChI is InChI=1S/C18H19NO2/c1-13-7-9-17(14(2)11-13)19-18(20)10-8-15-5-4-6-16(12-15)21-3/h4-12H,1-3H3,(H,19,20). The molecule has 0 bridgehead atoms. The third-order valence-electron chi connectivity index (χ3n) is 3.16. The fraction of sp³-hybridized carbons (Fsp3) is 0.167. The van der Waals surface area contributed by atoms with Crippen molar-refractivity contribution in [3.63, 3.8) is 0 Å². The van der Waals surface area contributed by atoms with Crippen molar-refractivity contribution in [1.29, 1.82) is 0 Å². The molecule has 0 aromatic heterocycles. The van der Waals surface area contributed by atoms with Gasteiger partial charge in [0.1, 0.15) is 5.75 Å². The molecule has 0 aliphatic heterocycles. The smallest absolute Gasteiger partial charge is 0.248 e. The molecule has 1 N–H and O–H groups in total. The number of methoxy groups -OCH3 is 1. The first-order valence-corrected chi connectivity index (χ1v) is 6.79. The number of nitrogens with one attached hydrogen (secondary N) is 1. The van der Waals surface area contributed by atoms with Gasteiger partial charge in [-0.05, 0) is 49.2 Å². The Bertz CT molecular complexity index is 675. The quantitative estimate of drug-likeness (QED) is 0.861. The predicted octanol–water partition coefficient (Wildman–Crippen LogP) is 3.96.